The van der Waals surface area contributed by atoms with Gasteiger partial charge in [-0.15, -0.1) is 11.3 Å². The fraction of sp³-hybridized carbons (Fsp3) is 0.0400. The maximum absolute atomic E-state index is 6.18. The Morgan fingerprint density at radius 2 is 1.88 bits per heavy atom. The van der Waals surface area contributed by atoms with Gasteiger partial charge in [0.25, 0.3) is 0 Å². The first-order chi connectivity index (χ1) is 16.7. The Bertz CT molecular complexity index is 1410. The number of rotatable bonds is 7. The lowest BCUT2D eigenvalue weighted by molar-refractivity contribution is 0.306. The van der Waals surface area contributed by atoms with Crippen molar-refractivity contribution in [3.8, 4) is 5.75 Å². The molecule has 6 nitrogen and oxygen atoms in total. The Morgan fingerprint density at radius 3 is 2.74 bits per heavy atom. The van der Waals surface area contributed by atoms with E-state index < -0.39 is 0 Å². The van der Waals surface area contributed by atoms with Gasteiger partial charge in [0.15, 0.2) is 16.7 Å². The molecule has 34 heavy (non-hydrogen) atoms. The number of anilines is 2. The molecule has 0 atom stereocenters. The zero-order valence-electron chi connectivity index (χ0n) is 17.8. The van der Waals surface area contributed by atoms with Gasteiger partial charge in [-0.2, -0.15) is 0 Å². The SMILES string of the molecule is S=C(Nc1cccnc1)Nc1ncc(Sc2ccnc3ccsc23)cc1OCc1ccccc1. The molecular weight excluding hydrogens is 483 g/mol. The Kier molecular flexibility index (Phi) is 6.94. The van der Waals surface area contributed by atoms with Crippen LogP contribution < -0.4 is 15.4 Å². The minimum Gasteiger partial charge on any atom is -0.485 e. The Hall–Kier alpha value is -3.53. The van der Waals surface area contributed by atoms with Gasteiger partial charge in [0, 0.05) is 28.4 Å². The number of nitrogens with zero attached hydrogens (tertiary/aromatic N) is 3. The molecule has 0 amide bonds. The van der Waals surface area contributed by atoms with E-state index in [0.29, 0.717) is 23.3 Å². The highest BCUT2D eigenvalue weighted by atomic mass is 32.2. The third-order valence-corrected chi connectivity index (χ3v) is 7.04. The van der Waals surface area contributed by atoms with Crippen LogP contribution in [0.25, 0.3) is 10.2 Å². The molecule has 0 aliphatic heterocycles. The molecule has 0 aliphatic rings. The zero-order valence-corrected chi connectivity index (χ0v) is 20.3. The minimum atomic E-state index is 0.403. The number of hydrogen-bond donors (Lipinski definition) is 2. The van der Waals surface area contributed by atoms with Crippen LogP contribution in [0.5, 0.6) is 5.75 Å². The van der Waals surface area contributed by atoms with Gasteiger partial charge in [-0.1, -0.05) is 42.1 Å². The highest BCUT2D eigenvalue weighted by Crippen LogP contribution is 2.37. The molecule has 5 rings (SSSR count). The summed E-state index contributed by atoms with van der Waals surface area (Å²) in [7, 11) is 0. The first kappa shape index (κ1) is 22.3. The number of aromatic nitrogens is 3. The number of thiophene rings is 1. The number of fused-ring (bicyclic) bond motifs is 1. The first-order valence-electron chi connectivity index (χ1n) is 10.4. The van der Waals surface area contributed by atoms with Crippen molar-refractivity contribution in [2.45, 2.75) is 16.4 Å². The molecule has 168 valence electrons. The van der Waals surface area contributed by atoms with Crippen molar-refractivity contribution in [2.75, 3.05) is 10.6 Å². The summed E-state index contributed by atoms with van der Waals surface area (Å²) in [4.78, 5) is 15.2. The van der Waals surface area contributed by atoms with Crippen molar-refractivity contribution in [3.63, 3.8) is 0 Å². The first-order valence-corrected chi connectivity index (χ1v) is 12.5. The van der Waals surface area contributed by atoms with Crippen molar-refractivity contribution in [2.24, 2.45) is 0 Å². The van der Waals surface area contributed by atoms with E-state index in [4.69, 9.17) is 17.0 Å². The van der Waals surface area contributed by atoms with Gasteiger partial charge in [-0.3, -0.25) is 9.97 Å². The van der Waals surface area contributed by atoms with E-state index in [1.807, 2.05) is 73.1 Å². The van der Waals surface area contributed by atoms with Gasteiger partial charge in [0.2, 0.25) is 0 Å². The van der Waals surface area contributed by atoms with E-state index in [2.05, 4.69) is 31.0 Å². The van der Waals surface area contributed by atoms with E-state index >= 15 is 0 Å². The normalized spacial score (nSPS) is 10.7. The molecule has 9 heteroatoms. The van der Waals surface area contributed by atoms with Gasteiger partial charge in [0.05, 0.1) is 22.1 Å². The summed E-state index contributed by atoms with van der Waals surface area (Å²) in [6.45, 7) is 0.415. The van der Waals surface area contributed by atoms with Crippen molar-refractivity contribution in [3.05, 3.63) is 96.4 Å². The summed E-state index contributed by atoms with van der Waals surface area (Å²) in [5.74, 6) is 1.15. The second kappa shape index (κ2) is 10.6. The van der Waals surface area contributed by atoms with Crippen LogP contribution in [0.1, 0.15) is 5.56 Å². The molecule has 5 aromatic rings. The summed E-state index contributed by atoms with van der Waals surface area (Å²) in [6, 6.07) is 19.8. The van der Waals surface area contributed by atoms with Crippen LogP contribution >= 0.6 is 35.3 Å². The number of benzene rings is 1. The largest absolute Gasteiger partial charge is 0.485 e. The lowest BCUT2D eigenvalue weighted by Crippen LogP contribution is -2.20. The highest BCUT2D eigenvalue weighted by Gasteiger charge is 2.12. The molecule has 0 saturated heterocycles. The van der Waals surface area contributed by atoms with E-state index in [-0.39, 0.29) is 0 Å². The fourth-order valence-corrected chi connectivity index (χ4v) is 5.28. The van der Waals surface area contributed by atoms with Gasteiger partial charge >= 0.3 is 0 Å². The maximum atomic E-state index is 6.18. The number of ether oxygens (including phenoxy) is 1. The quantitative estimate of drug-likeness (QED) is 0.241. The fourth-order valence-electron chi connectivity index (χ4n) is 3.19. The molecule has 0 spiro atoms. The Morgan fingerprint density at radius 1 is 0.971 bits per heavy atom. The predicted molar refractivity (Wildman–Crippen MR) is 143 cm³/mol. The minimum absolute atomic E-state index is 0.403. The molecule has 0 saturated carbocycles. The lowest BCUT2D eigenvalue weighted by Gasteiger charge is -2.15. The molecule has 0 radical (unpaired) electrons. The van der Waals surface area contributed by atoms with E-state index in [0.717, 1.165) is 31.3 Å². The summed E-state index contributed by atoms with van der Waals surface area (Å²) < 4.78 is 7.33. The molecule has 0 unspecified atom stereocenters. The number of nitrogens with one attached hydrogen (secondary N) is 2. The Balaban J connectivity index is 1.39. The monoisotopic (exact) mass is 501 g/mol. The van der Waals surface area contributed by atoms with Gasteiger partial charge < -0.3 is 15.4 Å². The second-order valence-corrected chi connectivity index (χ2v) is 9.60. The van der Waals surface area contributed by atoms with Crippen molar-refractivity contribution >= 4 is 62.2 Å². The van der Waals surface area contributed by atoms with Crippen LogP contribution in [0.2, 0.25) is 0 Å². The highest BCUT2D eigenvalue weighted by molar-refractivity contribution is 7.99. The summed E-state index contributed by atoms with van der Waals surface area (Å²) in [5.41, 5.74) is 2.85. The molecule has 0 fully saturated rings. The van der Waals surface area contributed by atoms with Gasteiger partial charge in [-0.25, -0.2) is 4.98 Å². The number of pyridine rings is 3. The average molecular weight is 502 g/mol. The molecule has 0 bridgehead atoms. The average Bonchev–Trinajstić information content (AvgIpc) is 3.35. The maximum Gasteiger partial charge on any atom is 0.176 e. The van der Waals surface area contributed by atoms with Crippen LogP contribution in [-0.2, 0) is 6.61 Å². The molecule has 4 aromatic heterocycles. The van der Waals surface area contributed by atoms with Crippen molar-refractivity contribution in [1.29, 1.82) is 0 Å². The van der Waals surface area contributed by atoms with E-state index in [9.17, 15) is 0 Å². The summed E-state index contributed by atoms with van der Waals surface area (Å²) in [6.07, 6.45) is 7.06. The third kappa shape index (κ3) is 5.51. The van der Waals surface area contributed by atoms with Gasteiger partial charge in [0.1, 0.15) is 6.61 Å². The molecule has 1 aromatic carbocycles. The number of hydrogen-bond acceptors (Lipinski definition) is 7. The Labute approximate surface area is 210 Å². The number of thiocarbonyl (C=S) groups is 1. The van der Waals surface area contributed by atoms with Crippen molar-refractivity contribution < 1.29 is 4.74 Å². The van der Waals surface area contributed by atoms with E-state index in [1.165, 1.54) is 0 Å². The van der Waals surface area contributed by atoms with Crippen LogP contribution in [0.4, 0.5) is 11.5 Å². The third-order valence-electron chi connectivity index (χ3n) is 4.75. The second-order valence-electron chi connectivity index (χ2n) is 7.16. The molecule has 2 N–H and O–H groups in total. The summed E-state index contributed by atoms with van der Waals surface area (Å²) in [5, 5.41) is 8.72. The molecule has 4 heterocycles. The topological polar surface area (TPSA) is 72.0 Å². The van der Waals surface area contributed by atoms with Crippen LogP contribution in [0, 0.1) is 0 Å². The lowest BCUT2D eigenvalue weighted by atomic mass is 10.2. The van der Waals surface area contributed by atoms with Crippen LogP contribution in [-0.4, -0.2) is 20.1 Å². The van der Waals surface area contributed by atoms with Crippen LogP contribution in [0.3, 0.4) is 0 Å². The standard InChI is InChI=1S/C25H19N5OS3/c32-25(29-18-7-4-10-26-14-18)30-24-21(31-16-17-5-2-1-3-6-17)13-19(15-28-24)34-22-8-11-27-20-9-12-33-23(20)22/h1-15H,16H2,(H2,28,29,30,32). The molecular formula is C25H19N5OS3. The zero-order chi connectivity index (χ0) is 23.2. The molecule has 0 aliphatic carbocycles. The van der Waals surface area contributed by atoms with Crippen molar-refractivity contribution in [1.82, 2.24) is 15.0 Å². The van der Waals surface area contributed by atoms with E-state index in [1.54, 1.807) is 35.5 Å². The van der Waals surface area contributed by atoms with Crippen LogP contribution in [0.15, 0.2) is 101 Å². The summed E-state index contributed by atoms with van der Waals surface area (Å²) >= 11 is 8.79. The smallest absolute Gasteiger partial charge is 0.176 e. The van der Waals surface area contributed by atoms with Gasteiger partial charge in [-0.05, 0) is 53.5 Å². The predicted octanol–water partition coefficient (Wildman–Crippen LogP) is 6.63.